The number of rotatable bonds is 3. The molecule has 25 heavy (non-hydrogen) atoms. The molecule has 1 aromatic heterocycles. The molecule has 0 bridgehead atoms. The molecule has 1 aromatic rings. The molecule has 0 N–H and O–H groups in total. The second kappa shape index (κ2) is 7.47. The van der Waals surface area contributed by atoms with Gasteiger partial charge in [-0.05, 0) is 25.0 Å². The lowest BCUT2D eigenvalue weighted by Gasteiger charge is -2.38. The Morgan fingerprint density at radius 3 is 2.28 bits per heavy atom. The number of piperidine rings is 1. The Balaban J connectivity index is 1.51. The lowest BCUT2D eigenvalue weighted by atomic mass is 9.96. The highest BCUT2D eigenvalue weighted by Gasteiger charge is 2.32. The highest BCUT2D eigenvalue weighted by Crippen LogP contribution is 2.23. The van der Waals surface area contributed by atoms with Crippen LogP contribution in [0.5, 0.6) is 0 Å². The molecule has 3 heterocycles. The lowest BCUT2D eigenvalue weighted by Crippen LogP contribution is -2.52. The number of aromatic nitrogens is 1. The van der Waals surface area contributed by atoms with Crippen molar-refractivity contribution < 1.29 is 13.2 Å². The number of hydrogen-bond acceptors (Lipinski definition) is 5. The second-order valence-corrected chi connectivity index (χ2v) is 9.00. The minimum absolute atomic E-state index is 0.0711. The number of nitrogens with zero attached hydrogens (tertiary/aromatic N) is 4. The van der Waals surface area contributed by atoms with Crippen LogP contribution in [0.2, 0.25) is 5.02 Å². The smallest absolute Gasteiger partial charge is 0.225 e. The van der Waals surface area contributed by atoms with E-state index in [1.165, 1.54) is 10.6 Å². The summed E-state index contributed by atoms with van der Waals surface area (Å²) in [5.41, 5.74) is 0. The first-order valence-corrected chi connectivity index (χ1v) is 10.7. The number of halogens is 1. The Hall–Kier alpha value is -1.38. The lowest BCUT2D eigenvalue weighted by molar-refractivity contribution is -0.137. The Morgan fingerprint density at radius 1 is 1.12 bits per heavy atom. The average molecular weight is 387 g/mol. The zero-order chi connectivity index (χ0) is 18.0. The first kappa shape index (κ1) is 18.4. The van der Waals surface area contributed by atoms with Gasteiger partial charge < -0.3 is 9.80 Å². The summed E-state index contributed by atoms with van der Waals surface area (Å²) < 4.78 is 24.6. The Kier molecular flexibility index (Phi) is 5.50. The molecule has 1 amide bonds. The van der Waals surface area contributed by atoms with Gasteiger partial charge in [0.25, 0.3) is 0 Å². The number of amides is 1. The van der Waals surface area contributed by atoms with E-state index in [2.05, 4.69) is 9.88 Å². The summed E-state index contributed by atoms with van der Waals surface area (Å²) in [6, 6.07) is 3.71. The summed E-state index contributed by atoms with van der Waals surface area (Å²) in [4.78, 5) is 21.1. The molecule has 9 heteroatoms. The van der Waals surface area contributed by atoms with Crippen molar-refractivity contribution in [1.29, 1.82) is 0 Å². The number of carbonyl (C=O) groups is 1. The van der Waals surface area contributed by atoms with Gasteiger partial charge in [-0.2, -0.15) is 0 Å². The van der Waals surface area contributed by atoms with Gasteiger partial charge >= 0.3 is 0 Å². The molecule has 0 aliphatic carbocycles. The van der Waals surface area contributed by atoms with Crippen LogP contribution in [-0.2, 0) is 14.8 Å². The molecule has 2 saturated heterocycles. The van der Waals surface area contributed by atoms with Crippen LogP contribution in [0.4, 0.5) is 5.82 Å². The monoisotopic (exact) mass is 386 g/mol. The van der Waals surface area contributed by atoms with Crippen molar-refractivity contribution in [2.75, 3.05) is 50.4 Å². The third-order valence-electron chi connectivity index (χ3n) is 4.90. The van der Waals surface area contributed by atoms with Gasteiger partial charge in [0.2, 0.25) is 15.9 Å². The minimum atomic E-state index is -3.16. The van der Waals surface area contributed by atoms with Crippen LogP contribution in [-0.4, -0.2) is 74.0 Å². The zero-order valence-electron chi connectivity index (χ0n) is 14.3. The quantitative estimate of drug-likeness (QED) is 0.776. The third kappa shape index (κ3) is 4.43. The van der Waals surface area contributed by atoms with E-state index in [0.29, 0.717) is 44.0 Å². The Morgan fingerprint density at radius 2 is 1.76 bits per heavy atom. The minimum Gasteiger partial charge on any atom is -0.353 e. The Labute approximate surface area is 153 Å². The predicted octanol–water partition coefficient (Wildman–Crippen LogP) is 1.06. The summed E-state index contributed by atoms with van der Waals surface area (Å²) in [7, 11) is -3.16. The maximum atomic E-state index is 12.7. The van der Waals surface area contributed by atoms with Crippen molar-refractivity contribution in [1.82, 2.24) is 14.2 Å². The number of anilines is 1. The number of pyridine rings is 1. The van der Waals surface area contributed by atoms with Crippen LogP contribution in [0.1, 0.15) is 12.8 Å². The standard InChI is InChI=1S/C16H23ClN4O3S/c1-25(23,24)21-6-4-13(5-7-21)16(22)20-10-8-19(9-11-20)15-3-2-14(17)12-18-15/h2-3,12-13H,4-11H2,1H3. The van der Waals surface area contributed by atoms with Gasteiger partial charge in [-0.25, -0.2) is 17.7 Å². The van der Waals surface area contributed by atoms with Crippen LogP contribution in [0, 0.1) is 5.92 Å². The molecule has 0 atom stereocenters. The van der Waals surface area contributed by atoms with Gasteiger partial charge in [0, 0.05) is 51.4 Å². The molecule has 2 aliphatic heterocycles. The fourth-order valence-electron chi connectivity index (χ4n) is 3.40. The largest absolute Gasteiger partial charge is 0.353 e. The molecular formula is C16H23ClN4O3S. The van der Waals surface area contributed by atoms with Crippen LogP contribution in [0.25, 0.3) is 0 Å². The third-order valence-corrected chi connectivity index (χ3v) is 6.43. The highest BCUT2D eigenvalue weighted by molar-refractivity contribution is 7.88. The fourth-order valence-corrected chi connectivity index (χ4v) is 4.39. The van der Waals surface area contributed by atoms with Crippen molar-refractivity contribution in [3.63, 3.8) is 0 Å². The molecule has 0 aromatic carbocycles. The molecule has 2 aliphatic rings. The molecule has 0 saturated carbocycles. The van der Waals surface area contributed by atoms with Crippen molar-refractivity contribution in [3.8, 4) is 0 Å². The van der Waals surface area contributed by atoms with Gasteiger partial charge in [0.15, 0.2) is 0 Å². The summed E-state index contributed by atoms with van der Waals surface area (Å²) in [6.07, 6.45) is 4.05. The molecule has 138 valence electrons. The highest BCUT2D eigenvalue weighted by atomic mass is 35.5. The van der Waals surface area contributed by atoms with Crippen molar-refractivity contribution in [3.05, 3.63) is 23.4 Å². The van der Waals surface area contributed by atoms with Gasteiger partial charge in [-0.3, -0.25) is 4.79 Å². The van der Waals surface area contributed by atoms with Gasteiger partial charge in [0.1, 0.15) is 5.82 Å². The zero-order valence-corrected chi connectivity index (χ0v) is 15.8. The molecule has 0 radical (unpaired) electrons. The first-order valence-electron chi connectivity index (χ1n) is 8.45. The van der Waals surface area contributed by atoms with E-state index in [1.54, 1.807) is 6.20 Å². The van der Waals surface area contributed by atoms with Crippen LogP contribution >= 0.6 is 11.6 Å². The van der Waals surface area contributed by atoms with Crippen molar-refractivity contribution >= 4 is 33.3 Å². The van der Waals surface area contributed by atoms with E-state index in [0.717, 1.165) is 18.9 Å². The van der Waals surface area contributed by atoms with Crippen LogP contribution in [0.15, 0.2) is 18.3 Å². The summed E-state index contributed by atoms with van der Waals surface area (Å²) in [5, 5.41) is 0.609. The number of sulfonamides is 1. The van der Waals surface area contributed by atoms with E-state index in [9.17, 15) is 13.2 Å². The van der Waals surface area contributed by atoms with E-state index < -0.39 is 10.0 Å². The number of piperazine rings is 1. The van der Waals surface area contributed by atoms with E-state index in [1.807, 2.05) is 17.0 Å². The predicted molar refractivity (Wildman–Crippen MR) is 97.2 cm³/mol. The SMILES string of the molecule is CS(=O)(=O)N1CCC(C(=O)N2CCN(c3ccc(Cl)cn3)CC2)CC1. The van der Waals surface area contributed by atoms with Gasteiger partial charge in [-0.15, -0.1) is 0 Å². The summed E-state index contributed by atoms with van der Waals surface area (Å²) in [6.45, 7) is 3.67. The van der Waals surface area contributed by atoms with Crippen LogP contribution in [0.3, 0.4) is 0 Å². The number of carbonyl (C=O) groups excluding carboxylic acids is 1. The van der Waals surface area contributed by atoms with Crippen LogP contribution < -0.4 is 4.90 Å². The molecule has 7 nitrogen and oxygen atoms in total. The fraction of sp³-hybridized carbons (Fsp3) is 0.625. The van der Waals surface area contributed by atoms with Gasteiger partial charge in [-0.1, -0.05) is 11.6 Å². The normalized spacial score (nSPS) is 20.7. The number of hydrogen-bond donors (Lipinski definition) is 0. The molecule has 0 unspecified atom stereocenters. The second-order valence-electron chi connectivity index (χ2n) is 6.58. The summed E-state index contributed by atoms with van der Waals surface area (Å²) >= 11 is 5.86. The van der Waals surface area contributed by atoms with Crippen molar-refractivity contribution in [2.45, 2.75) is 12.8 Å². The molecular weight excluding hydrogens is 364 g/mol. The molecule has 2 fully saturated rings. The topological polar surface area (TPSA) is 73.8 Å². The van der Waals surface area contributed by atoms with E-state index >= 15 is 0 Å². The molecule has 3 rings (SSSR count). The van der Waals surface area contributed by atoms with E-state index in [4.69, 9.17) is 11.6 Å². The van der Waals surface area contributed by atoms with Gasteiger partial charge in [0.05, 0.1) is 11.3 Å². The Bertz CT molecular complexity index is 709. The average Bonchev–Trinajstić information content (AvgIpc) is 2.61. The maximum absolute atomic E-state index is 12.7. The molecule has 0 spiro atoms. The summed E-state index contributed by atoms with van der Waals surface area (Å²) in [5.74, 6) is 0.952. The first-order chi connectivity index (χ1) is 11.8. The van der Waals surface area contributed by atoms with E-state index in [-0.39, 0.29) is 11.8 Å². The van der Waals surface area contributed by atoms with Crippen molar-refractivity contribution in [2.24, 2.45) is 5.92 Å². The maximum Gasteiger partial charge on any atom is 0.225 e.